The minimum Gasteiger partial charge on any atom is -0.505 e. The number of para-hydroxylation sites is 1. The lowest BCUT2D eigenvalue weighted by Gasteiger charge is -2.15. The van der Waals surface area contributed by atoms with Gasteiger partial charge in [0.15, 0.2) is 5.75 Å². The van der Waals surface area contributed by atoms with Gasteiger partial charge in [-0.2, -0.15) is 20.1 Å². The predicted molar refractivity (Wildman–Crippen MR) is 150 cm³/mol. The van der Waals surface area contributed by atoms with Crippen molar-refractivity contribution in [2.75, 3.05) is 10.6 Å². The average molecular weight is 506 g/mol. The van der Waals surface area contributed by atoms with Gasteiger partial charge in [0.25, 0.3) is 0 Å². The maximum Gasteiger partial charge on any atom is 0.320 e. The van der Waals surface area contributed by atoms with Crippen molar-refractivity contribution in [2.24, 2.45) is 10.2 Å². The Hall–Kier alpha value is -5.05. The van der Waals surface area contributed by atoms with Gasteiger partial charge in [0.2, 0.25) is 11.9 Å². The molecular formula is C29H27N7O2. The summed E-state index contributed by atoms with van der Waals surface area (Å²) in [4.78, 5) is 12.5. The lowest BCUT2D eigenvalue weighted by Crippen LogP contribution is -2.04. The number of nitrogens with zero attached hydrogens (tertiary/aromatic N) is 5. The maximum absolute atomic E-state index is 11.4. The van der Waals surface area contributed by atoms with Crippen LogP contribution in [0.4, 0.5) is 34.6 Å². The minimum absolute atomic E-state index is 0.0172. The number of phenolic OH excluding ortho intramolecular Hbond substituents is 1. The zero-order chi connectivity index (χ0) is 26.8. The molecule has 0 aliphatic rings. The van der Waals surface area contributed by atoms with Gasteiger partial charge in [0.1, 0.15) is 5.69 Å². The molecule has 0 fully saturated rings. The number of aromatic nitrogens is 3. The van der Waals surface area contributed by atoms with Gasteiger partial charge in [-0.25, -0.2) is 0 Å². The number of hydrogen-bond donors (Lipinski definition) is 4. The Morgan fingerprint density at radius 2 is 1.32 bits per heavy atom. The highest BCUT2D eigenvalue weighted by Gasteiger charge is 2.16. The zero-order valence-electron chi connectivity index (χ0n) is 21.5. The molecule has 5 rings (SSSR count). The number of fused-ring (bicyclic) bond motifs is 1. The van der Waals surface area contributed by atoms with Crippen LogP contribution in [0, 0.1) is 27.7 Å². The third kappa shape index (κ3) is 5.08. The summed E-state index contributed by atoms with van der Waals surface area (Å²) in [5, 5.41) is 37.9. The highest BCUT2D eigenvalue weighted by molar-refractivity contribution is 6.03. The third-order valence-electron chi connectivity index (χ3n) is 6.15. The molecule has 0 bridgehead atoms. The molecule has 190 valence electrons. The molecule has 0 spiro atoms. The Kier molecular flexibility index (Phi) is 6.57. The summed E-state index contributed by atoms with van der Waals surface area (Å²) in [5.74, 6) is 0.277. The summed E-state index contributed by atoms with van der Waals surface area (Å²) in [6.45, 7) is 7.76. The monoisotopic (exact) mass is 505 g/mol. The van der Waals surface area contributed by atoms with E-state index in [9.17, 15) is 10.2 Å². The molecule has 1 heterocycles. The van der Waals surface area contributed by atoms with Crippen LogP contribution in [0.25, 0.3) is 10.8 Å². The van der Waals surface area contributed by atoms with Crippen molar-refractivity contribution in [1.82, 2.24) is 15.0 Å². The molecule has 0 aliphatic carbocycles. The Bertz CT molecular complexity index is 1700. The van der Waals surface area contributed by atoms with Crippen LogP contribution in [-0.2, 0) is 0 Å². The van der Waals surface area contributed by atoms with E-state index in [1.54, 1.807) is 0 Å². The van der Waals surface area contributed by atoms with Crippen molar-refractivity contribution < 1.29 is 10.2 Å². The van der Waals surface area contributed by atoms with Crippen LogP contribution >= 0.6 is 0 Å². The first kappa shape index (κ1) is 24.6. The van der Waals surface area contributed by atoms with Crippen LogP contribution in [-0.4, -0.2) is 25.2 Å². The van der Waals surface area contributed by atoms with E-state index in [0.29, 0.717) is 16.8 Å². The second-order valence-electron chi connectivity index (χ2n) is 9.14. The highest BCUT2D eigenvalue weighted by Crippen LogP contribution is 2.43. The maximum atomic E-state index is 11.4. The second-order valence-corrected chi connectivity index (χ2v) is 9.14. The van der Waals surface area contributed by atoms with E-state index in [4.69, 9.17) is 0 Å². The van der Waals surface area contributed by atoms with Gasteiger partial charge in [-0.1, -0.05) is 42.5 Å². The average Bonchev–Trinajstić information content (AvgIpc) is 2.85. The van der Waals surface area contributed by atoms with Crippen molar-refractivity contribution in [3.05, 3.63) is 89.0 Å². The Balaban J connectivity index is 1.56. The number of azo groups is 1. The molecular weight excluding hydrogens is 478 g/mol. The summed E-state index contributed by atoms with van der Waals surface area (Å²) in [5.41, 5.74) is 6.18. The topological polar surface area (TPSA) is 128 Å². The van der Waals surface area contributed by atoms with Crippen LogP contribution in [0.15, 0.2) is 77.0 Å². The molecule has 4 aromatic carbocycles. The quantitative estimate of drug-likeness (QED) is 0.175. The number of aromatic hydroxyl groups is 2. The van der Waals surface area contributed by atoms with Crippen LogP contribution in [0.2, 0.25) is 0 Å². The summed E-state index contributed by atoms with van der Waals surface area (Å²) in [6, 6.07) is 20.7. The largest absolute Gasteiger partial charge is 0.505 e. The van der Waals surface area contributed by atoms with Crippen molar-refractivity contribution in [3.8, 4) is 11.8 Å². The molecule has 0 saturated heterocycles. The van der Waals surface area contributed by atoms with Crippen LogP contribution in [0.5, 0.6) is 11.8 Å². The van der Waals surface area contributed by atoms with Crippen molar-refractivity contribution >= 4 is 45.4 Å². The van der Waals surface area contributed by atoms with Crippen molar-refractivity contribution in [2.45, 2.75) is 27.7 Å². The molecule has 0 unspecified atom stereocenters. The Morgan fingerprint density at radius 1 is 0.658 bits per heavy atom. The minimum atomic E-state index is -0.441. The number of anilines is 4. The van der Waals surface area contributed by atoms with E-state index in [1.807, 2.05) is 94.4 Å². The molecule has 0 aliphatic heterocycles. The molecule has 1 aromatic heterocycles. The summed E-state index contributed by atoms with van der Waals surface area (Å²) >= 11 is 0. The number of phenols is 1. The molecule has 0 atom stereocenters. The second kappa shape index (κ2) is 10.1. The fraction of sp³-hybridized carbons (Fsp3) is 0.138. The molecule has 0 radical (unpaired) electrons. The SMILES string of the molecule is Cc1cc(Nc2nc(O)nc(Nc3ccccc3C)n2)c2c(O)c(N=Nc3ccccc3C)c(C)cc2c1. The van der Waals surface area contributed by atoms with Gasteiger partial charge in [-0.05, 0) is 79.6 Å². The number of aryl methyl sites for hydroxylation is 4. The molecule has 0 amide bonds. The van der Waals surface area contributed by atoms with E-state index in [1.165, 1.54) is 0 Å². The van der Waals surface area contributed by atoms with E-state index in [0.717, 1.165) is 39.0 Å². The first-order valence-corrected chi connectivity index (χ1v) is 12.1. The van der Waals surface area contributed by atoms with E-state index in [2.05, 4.69) is 35.8 Å². The van der Waals surface area contributed by atoms with Crippen molar-refractivity contribution in [1.29, 1.82) is 0 Å². The highest BCUT2D eigenvalue weighted by atomic mass is 16.3. The van der Waals surface area contributed by atoms with E-state index in [-0.39, 0.29) is 17.6 Å². The van der Waals surface area contributed by atoms with E-state index >= 15 is 0 Å². The zero-order valence-corrected chi connectivity index (χ0v) is 21.5. The third-order valence-corrected chi connectivity index (χ3v) is 6.15. The number of nitrogens with one attached hydrogen (secondary N) is 2. The van der Waals surface area contributed by atoms with Crippen molar-refractivity contribution in [3.63, 3.8) is 0 Å². The normalized spacial score (nSPS) is 11.3. The first-order chi connectivity index (χ1) is 18.3. The van der Waals surface area contributed by atoms with Crippen LogP contribution in [0.1, 0.15) is 22.3 Å². The van der Waals surface area contributed by atoms with Gasteiger partial charge in [-0.15, -0.1) is 5.11 Å². The van der Waals surface area contributed by atoms with Crippen LogP contribution < -0.4 is 10.6 Å². The van der Waals surface area contributed by atoms with Gasteiger partial charge >= 0.3 is 6.01 Å². The molecule has 9 heteroatoms. The Morgan fingerprint density at radius 3 is 2.03 bits per heavy atom. The predicted octanol–water partition coefficient (Wildman–Crippen LogP) is 7.57. The standard InChI is InChI=1S/C29H27N7O2/c1-16-13-20-15-19(4)25(36-35-22-12-8-6-10-18(22)3)26(37)24(20)23(14-16)31-28-32-27(33-29(38)34-28)30-21-11-7-5-9-17(21)2/h5-15,37H,1-4H3,(H3,30,31,32,33,34,38). The lowest BCUT2D eigenvalue weighted by molar-refractivity contribution is 0.430. The fourth-order valence-electron chi connectivity index (χ4n) is 4.23. The summed E-state index contributed by atoms with van der Waals surface area (Å²) in [7, 11) is 0. The van der Waals surface area contributed by atoms with Gasteiger partial charge in [-0.3, -0.25) is 0 Å². The smallest absolute Gasteiger partial charge is 0.320 e. The van der Waals surface area contributed by atoms with Crippen LogP contribution in [0.3, 0.4) is 0 Å². The van der Waals surface area contributed by atoms with Gasteiger partial charge in [0.05, 0.1) is 11.4 Å². The molecule has 9 nitrogen and oxygen atoms in total. The molecule has 0 saturated carbocycles. The number of rotatable bonds is 6. The fourth-order valence-corrected chi connectivity index (χ4v) is 4.23. The molecule has 5 aromatic rings. The molecule has 4 N–H and O–H groups in total. The number of hydrogen-bond acceptors (Lipinski definition) is 9. The van der Waals surface area contributed by atoms with Gasteiger partial charge < -0.3 is 20.8 Å². The summed E-state index contributed by atoms with van der Waals surface area (Å²) in [6.07, 6.45) is 0. The lowest BCUT2D eigenvalue weighted by atomic mass is 10.0. The molecule has 38 heavy (non-hydrogen) atoms. The number of benzene rings is 4. The van der Waals surface area contributed by atoms with Gasteiger partial charge in [0, 0.05) is 11.1 Å². The summed E-state index contributed by atoms with van der Waals surface area (Å²) < 4.78 is 0. The van der Waals surface area contributed by atoms with E-state index < -0.39 is 6.01 Å². The first-order valence-electron chi connectivity index (χ1n) is 12.1. The Labute approximate surface area is 220 Å².